The second-order valence-electron chi connectivity index (χ2n) is 0. The summed E-state index contributed by atoms with van der Waals surface area (Å²) in [6.07, 6.45) is 0. The van der Waals surface area contributed by atoms with E-state index in [0.29, 0.717) is 0 Å². The van der Waals surface area contributed by atoms with E-state index in [1.807, 2.05) is 0 Å². The molecule has 0 saturated carbocycles. The molecule has 0 rings (SSSR count). The third kappa shape index (κ3) is 8.82. The zero-order chi connectivity index (χ0) is 0. The molecule has 0 aliphatic rings. The summed E-state index contributed by atoms with van der Waals surface area (Å²) in [5, 5.41) is 0. The zero-order valence-corrected chi connectivity index (χ0v) is 10.5. The minimum absolute atomic E-state index is 0. The van der Waals surface area contributed by atoms with Crippen LogP contribution >= 0.6 is 0 Å². The van der Waals surface area contributed by atoms with E-state index in [9.17, 15) is 0 Å². The predicted molar refractivity (Wildman–Crippen MR) is 11.5 cm³/mol. The molecule has 0 fully saturated rings. The van der Waals surface area contributed by atoms with Crippen molar-refractivity contribution in [3.05, 3.63) is 0 Å². The average Bonchev–Trinajstić information content (AvgIpc) is 0. The summed E-state index contributed by atoms with van der Waals surface area (Å²) >= 11 is 0. The van der Waals surface area contributed by atoms with Crippen molar-refractivity contribution in [2.24, 2.45) is 0 Å². The van der Waals surface area contributed by atoms with Crippen LogP contribution < -0.4 is 0 Å². The van der Waals surface area contributed by atoms with Gasteiger partial charge in [0.2, 0.25) is 0 Å². The first-order valence-corrected chi connectivity index (χ1v) is 0. The van der Waals surface area contributed by atoms with Crippen LogP contribution in [0.25, 0.3) is 0 Å². The topological polar surface area (TPSA) is 0 Å². The molecule has 0 unspecified atom stereocenters. The first kappa shape index (κ1) is 31.6. The third-order valence-corrected chi connectivity index (χ3v) is 0. The van der Waals surface area contributed by atoms with Gasteiger partial charge in [-0.25, -0.2) is 0 Å². The molecule has 0 aromatic carbocycles. The smallest absolute Gasteiger partial charge is 2.00 e. The Morgan fingerprint density at radius 2 is 0.750 bits per heavy atom. The molecule has 0 heterocycles. The van der Waals surface area contributed by atoms with Crippen LogP contribution in [0.3, 0.4) is 0 Å². The molecule has 0 bridgehead atoms. The van der Waals surface area contributed by atoms with Crippen molar-refractivity contribution in [3.8, 4) is 0 Å². The van der Waals surface area contributed by atoms with Crippen LogP contribution in [0.15, 0.2) is 0 Å². The van der Waals surface area contributed by atoms with Crippen LogP contribution in [-0.4, -0.2) is 34.1 Å². The number of hydrogen-bond donors (Lipinski definition) is 0. The Labute approximate surface area is 77.4 Å². The Bertz CT molecular complexity index is 6.00. The van der Waals surface area contributed by atoms with Gasteiger partial charge in [-0.05, 0) is 0 Å². The first-order valence-electron chi connectivity index (χ1n) is 0. The SMILES string of the molecule is [Cd+2].[Mn+2].[Se-2].[Se-2]. The fourth-order valence-corrected chi connectivity index (χ4v) is 0. The Hall–Kier alpha value is 2.48. The van der Waals surface area contributed by atoms with Crippen molar-refractivity contribution in [2.45, 2.75) is 0 Å². The van der Waals surface area contributed by atoms with E-state index in [4.69, 9.17) is 0 Å². The van der Waals surface area contributed by atoms with Gasteiger partial charge in [-0.2, -0.15) is 0 Å². The minimum atomic E-state index is 0. The van der Waals surface area contributed by atoms with Crippen LogP contribution in [0, 0.1) is 0 Å². The molecule has 4 heavy (non-hydrogen) atoms. The van der Waals surface area contributed by atoms with Crippen LogP contribution in [0.2, 0.25) is 0 Å². The van der Waals surface area contributed by atoms with Crippen molar-refractivity contribution < 1.29 is 44.4 Å². The third-order valence-electron chi connectivity index (χ3n) is 0. The molecule has 1 radical (unpaired) electrons. The molecule has 0 aliphatic heterocycles. The molecule has 0 amide bonds. The van der Waals surface area contributed by atoms with Crippen molar-refractivity contribution in [1.82, 2.24) is 0 Å². The summed E-state index contributed by atoms with van der Waals surface area (Å²) in [5.74, 6) is 0. The summed E-state index contributed by atoms with van der Waals surface area (Å²) in [6, 6.07) is 0. The Morgan fingerprint density at radius 1 is 0.750 bits per heavy atom. The molecule has 0 aromatic heterocycles. The molecular formula is CdMnSe2. The van der Waals surface area contributed by atoms with Crippen LogP contribution in [0.5, 0.6) is 0 Å². The summed E-state index contributed by atoms with van der Waals surface area (Å²) < 4.78 is 0. The van der Waals surface area contributed by atoms with E-state index in [1.54, 1.807) is 0 Å². The van der Waals surface area contributed by atoms with Gasteiger partial charge in [0.1, 0.15) is 0 Å². The second-order valence-corrected chi connectivity index (χ2v) is 0. The molecule has 0 aliphatic carbocycles. The largest absolute Gasteiger partial charge is 2.00 e. The van der Waals surface area contributed by atoms with Crippen LogP contribution in [0.1, 0.15) is 0 Å². The molecule has 21 valence electrons. The van der Waals surface area contributed by atoms with E-state index in [1.165, 1.54) is 0 Å². The Morgan fingerprint density at radius 3 is 0.750 bits per heavy atom. The van der Waals surface area contributed by atoms with E-state index < -0.39 is 0 Å². The van der Waals surface area contributed by atoms with Crippen molar-refractivity contribution in [1.29, 1.82) is 0 Å². The van der Waals surface area contributed by atoms with Crippen molar-refractivity contribution >= 4 is 34.1 Å². The van der Waals surface area contributed by atoms with E-state index in [-0.39, 0.29) is 78.5 Å². The molecule has 4 heteroatoms. The Balaban J connectivity index is 0. The normalized spacial score (nSPS) is 0. The maximum Gasteiger partial charge on any atom is 2.00 e. The monoisotopic (exact) mass is 329 g/mol. The number of rotatable bonds is 0. The van der Waals surface area contributed by atoms with Crippen molar-refractivity contribution in [3.63, 3.8) is 0 Å². The van der Waals surface area contributed by atoms with Gasteiger partial charge in [-0.15, -0.1) is 0 Å². The van der Waals surface area contributed by atoms with Gasteiger partial charge in [-0.3, -0.25) is 0 Å². The summed E-state index contributed by atoms with van der Waals surface area (Å²) in [6.45, 7) is 0. The maximum atomic E-state index is 0. The quantitative estimate of drug-likeness (QED) is 0.514. The van der Waals surface area contributed by atoms with Gasteiger partial charge in [0, 0.05) is 0 Å². The van der Waals surface area contributed by atoms with Crippen LogP contribution in [0.4, 0.5) is 0 Å². The molecule has 0 saturated heterocycles. The maximum absolute atomic E-state index is 0. The van der Waals surface area contributed by atoms with E-state index in [0.717, 1.165) is 0 Å². The molecule has 0 aromatic rings. The fourth-order valence-electron chi connectivity index (χ4n) is 0. The van der Waals surface area contributed by atoms with Crippen molar-refractivity contribution in [2.75, 3.05) is 0 Å². The summed E-state index contributed by atoms with van der Waals surface area (Å²) in [7, 11) is 0. The molecular weight excluding hydrogens is 325 g/mol. The van der Waals surface area contributed by atoms with Gasteiger partial charge in [-0.1, -0.05) is 0 Å². The van der Waals surface area contributed by atoms with Crippen LogP contribution in [-0.2, 0) is 44.4 Å². The molecule has 0 atom stereocenters. The van der Waals surface area contributed by atoms with Gasteiger partial charge in [0.05, 0.1) is 0 Å². The predicted octanol–water partition coefficient (Wildman–Crippen LogP) is -0.767. The minimum Gasteiger partial charge on any atom is -2.00 e. The molecule has 0 N–H and O–H groups in total. The first-order chi connectivity index (χ1) is 0. The van der Waals surface area contributed by atoms with Gasteiger partial charge < -0.3 is 34.1 Å². The zero-order valence-electron chi connectivity index (χ0n) is 1.90. The molecule has 0 nitrogen and oxygen atoms in total. The fraction of sp³-hybridized carbons (Fsp3) is 0. The molecule has 0 spiro atoms. The number of hydrogen-bond acceptors (Lipinski definition) is 0. The van der Waals surface area contributed by atoms with Gasteiger partial charge >= 0.3 is 44.4 Å². The second kappa shape index (κ2) is 17.9. The summed E-state index contributed by atoms with van der Waals surface area (Å²) in [4.78, 5) is 0. The average molecular weight is 325 g/mol. The van der Waals surface area contributed by atoms with Gasteiger partial charge in [0.15, 0.2) is 0 Å². The Kier molecular flexibility index (Phi) is 141. The van der Waals surface area contributed by atoms with E-state index >= 15 is 0 Å². The van der Waals surface area contributed by atoms with Gasteiger partial charge in [0.25, 0.3) is 0 Å². The van der Waals surface area contributed by atoms with E-state index in [2.05, 4.69) is 0 Å². The standard InChI is InChI=1S/Cd.Mn.2Se/q2*+2;2*-2. The summed E-state index contributed by atoms with van der Waals surface area (Å²) in [5.41, 5.74) is 0.